The molecule has 3 rings (SSSR count). The van der Waals surface area contributed by atoms with Crippen LogP contribution < -0.4 is 5.32 Å². The number of fused-ring (bicyclic) bond motifs is 1. The molecule has 0 radical (unpaired) electrons. The fourth-order valence-corrected chi connectivity index (χ4v) is 2.58. The first kappa shape index (κ1) is 12.8. The lowest BCUT2D eigenvalue weighted by Crippen LogP contribution is -2.19. The highest BCUT2D eigenvalue weighted by atomic mass is 14.9. The summed E-state index contributed by atoms with van der Waals surface area (Å²) < 4.78 is 0. The van der Waals surface area contributed by atoms with Crippen LogP contribution in [0.1, 0.15) is 22.9 Å². The molecule has 2 aromatic heterocycles. The predicted molar refractivity (Wildman–Crippen MR) is 81.6 cm³/mol. The maximum absolute atomic E-state index is 4.52. The molecule has 0 aliphatic rings. The number of aryl methyl sites for hydroxylation is 1. The van der Waals surface area contributed by atoms with Gasteiger partial charge in [0.2, 0.25) is 0 Å². The van der Waals surface area contributed by atoms with Crippen LogP contribution in [0, 0.1) is 6.92 Å². The second-order valence-corrected chi connectivity index (χ2v) is 4.92. The fraction of sp³-hybridized carbons (Fsp3) is 0.176. The number of nitrogens with one attached hydrogen (secondary N) is 1. The Morgan fingerprint density at radius 1 is 1.10 bits per heavy atom. The number of hydrogen-bond acceptors (Lipinski definition) is 3. The first-order valence-electron chi connectivity index (χ1n) is 6.72. The van der Waals surface area contributed by atoms with Gasteiger partial charge >= 0.3 is 0 Å². The van der Waals surface area contributed by atoms with Gasteiger partial charge in [-0.2, -0.15) is 0 Å². The molecule has 0 aliphatic heterocycles. The van der Waals surface area contributed by atoms with Gasteiger partial charge in [-0.05, 0) is 48.7 Å². The van der Waals surface area contributed by atoms with Crippen LogP contribution in [-0.2, 0) is 0 Å². The van der Waals surface area contributed by atoms with Crippen LogP contribution >= 0.6 is 0 Å². The smallest absolute Gasteiger partial charge is 0.0755 e. The average molecular weight is 263 g/mol. The Morgan fingerprint density at radius 2 is 2.00 bits per heavy atom. The highest BCUT2D eigenvalue weighted by molar-refractivity contribution is 5.85. The second kappa shape index (κ2) is 5.39. The van der Waals surface area contributed by atoms with E-state index in [4.69, 9.17) is 0 Å². The summed E-state index contributed by atoms with van der Waals surface area (Å²) in [7, 11) is 1.97. The van der Waals surface area contributed by atoms with Crippen molar-refractivity contribution in [2.45, 2.75) is 13.0 Å². The molecule has 3 aromatic rings. The number of benzene rings is 1. The van der Waals surface area contributed by atoms with Crippen molar-refractivity contribution in [1.29, 1.82) is 0 Å². The molecular formula is C17H17N3. The molecule has 3 nitrogen and oxygen atoms in total. The summed E-state index contributed by atoms with van der Waals surface area (Å²) in [5, 5.41) is 5.74. The molecule has 20 heavy (non-hydrogen) atoms. The number of hydrogen-bond donors (Lipinski definition) is 1. The summed E-state index contributed by atoms with van der Waals surface area (Å²) >= 11 is 0. The van der Waals surface area contributed by atoms with E-state index in [1.807, 2.05) is 31.7 Å². The molecule has 0 bridgehead atoms. The van der Waals surface area contributed by atoms with E-state index >= 15 is 0 Å². The molecule has 0 saturated carbocycles. The second-order valence-electron chi connectivity index (χ2n) is 4.92. The molecule has 1 N–H and O–H groups in total. The van der Waals surface area contributed by atoms with Gasteiger partial charge in [-0.1, -0.05) is 18.2 Å². The minimum Gasteiger partial charge on any atom is -0.308 e. The van der Waals surface area contributed by atoms with Crippen LogP contribution in [0.5, 0.6) is 0 Å². The van der Waals surface area contributed by atoms with E-state index in [0.29, 0.717) is 0 Å². The van der Waals surface area contributed by atoms with Crippen LogP contribution in [0.15, 0.2) is 55.0 Å². The number of nitrogens with zero attached hydrogens (tertiary/aromatic N) is 2. The van der Waals surface area contributed by atoms with Crippen molar-refractivity contribution < 1.29 is 0 Å². The Labute approximate surface area is 118 Å². The standard InChI is InChI=1S/C17H17N3/c1-12-6-9-20-16(10-12)17(18-2)15-5-3-4-13-11-19-8-7-14(13)15/h3-11,17-18H,1-2H3. The number of pyridine rings is 2. The fourth-order valence-electron chi connectivity index (χ4n) is 2.58. The van der Waals surface area contributed by atoms with Gasteiger partial charge in [0.1, 0.15) is 0 Å². The van der Waals surface area contributed by atoms with Gasteiger partial charge in [0, 0.05) is 24.0 Å². The molecule has 3 heteroatoms. The molecule has 0 saturated heterocycles. The summed E-state index contributed by atoms with van der Waals surface area (Å²) in [4.78, 5) is 8.71. The van der Waals surface area contributed by atoms with Crippen LogP contribution in [0.4, 0.5) is 0 Å². The predicted octanol–water partition coefficient (Wildman–Crippen LogP) is 3.25. The Kier molecular flexibility index (Phi) is 3.44. The first-order chi connectivity index (χ1) is 9.79. The molecule has 1 atom stereocenters. The van der Waals surface area contributed by atoms with E-state index in [1.54, 1.807) is 0 Å². The quantitative estimate of drug-likeness (QED) is 0.788. The zero-order valence-corrected chi connectivity index (χ0v) is 11.7. The van der Waals surface area contributed by atoms with Crippen molar-refractivity contribution >= 4 is 10.8 Å². The van der Waals surface area contributed by atoms with Crippen LogP contribution in [-0.4, -0.2) is 17.0 Å². The summed E-state index contributed by atoms with van der Waals surface area (Å²) in [6, 6.07) is 12.6. The Hall–Kier alpha value is -2.26. The molecule has 1 unspecified atom stereocenters. The van der Waals surface area contributed by atoms with E-state index in [-0.39, 0.29) is 6.04 Å². The Balaban J connectivity index is 2.17. The first-order valence-corrected chi connectivity index (χ1v) is 6.72. The maximum atomic E-state index is 4.52. The molecule has 100 valence electrons. The van der Waals surface area contributed by atoms with E-state index < -0.39 is 0 Å². The van der Waals surface area contributed by atoms with Gasteiger partial charge < -0.3 is 5.32 Å². The zero-order chi connectivity index (χ0) is 13.9. The third-order valence-corrected chi connectivity index (χ3v) is 3.55. The normalized spacial score (nSPS) is 12.5. The number of aromatic nitrogens is 2. The monoisotopic (exact) mass is 263 g/mol. The van der Waals surface area contributed by atoms with Crippen molar-refractivity contribution in [3.8, 4) is 0 Å². The van der Waals surface area contributed by atoms with Gasteiger partial charge in [0.25, 0.3) is 0 Å². The molecule has 0 spiro atoms. The van der Waals surface area contributed by atoms with E-state index in [0.717, 1.165) is 11.1 Å². The van der Waals surface area contributed by atoms with Crippen molar-refractivity contribution in [3.63, 3.8) is 0 Å². The third-order valence-electron chi connectivity index (χ3n) is 3.55. The summed E-state index contributed by atoms with van der Waals surface area (Å²) in [5.74, 6) is 0. The van der Waals surface area contributed by atoms with Gasteiger partial charge in [0.05, 0.1) is 11.7 Å². The molecule has 0 amide bonds. The summed E-state index contributed by atoms with van der Waals surface area (Å²) in [5.41, 5.74) is 3.49. The van der Waals surface area contributed by atoms with Gasteiger partial charge in [-0.3, -0.25) is 9.97 Å². The lowest BCUT2D eigenvalue weighted by Gasteiger charge is -2.18. The number of rotatable bonds is 3. The van der Waals surface area contributed by atoms with Crippen molar-refractivity contribution in [2.24, 2.45) is 0 Å². The van der Waals surface area contributed by atoms with Gasteiger partial charge in [0.15, 0.2) is 0 Å². The van der Waals surface area contributed by atoms with Gasteiger partial charge in [-0.15, -0.1) is 0 Å². The summed E-state index contributed by atoms with van der Waals surface area (Å²) in [6.07, 6.45) is 5.60. The lowest BCUT2D eigenvalue weighted by atomic mass is 9.97. The zero-order valence-electron chi connectivity index (χ0n) is 11.7. The van der Waals surface area contributed by atoms with E-state index in [9.17, 15) is 0 Å². The van der Waals surface area contributed by atoms with Crippen LogP contribution in [0.2, 0.25) is 0 Å². The van der Waals surface area contributed by atoms with Crippen molar-refractivity contribution in [2.75, 3.05) is 7.05 Å². The lowest BCUT2D eigenvalue weighted by molar-refractivity contribution is 0.675. The van der Waals surface area contributed by atoms with Crippen LogP contribution in [0.25, 0.3) is 10.8 Å². The largest absolute Gasteiger partial charge is 0.308 e. The highest BCUT2D eigenvalue weighted by Gasteiger charge is 2.15. The minimum atomic E-state index is 0.0843. The molecule has 0 fully saturated rings. The van der Waals surface area contributed by atoms with Crippen LogP contribution in [0.3, 0.4) is 0 Å². The van der Waals surface area contributed by atoms with Gasteiger partial charge in [-0.25, -0.2) is 0 Å². The topological polar surface area (TPSA) is 37.8 Å². The van der Waals surface area contributed by atoms with Crippen molar-refractivity contribution in [3.05, 3.63) is 71.8 Å². The Bertz CT molecular complexity index is 732. The highest BCUT2D eigenvalue weighted by Crippen LogP contribution is 2.27. The molecule has 0 aliphatic carbocycles. The minimum absolute atomic E-state index is 0.0843. The molecule has 2 heterocycles. The van der Waals surface area contributed by atoms with Crippen molar-refractivity contribution in [1.82, 2.24) is 15.3 Å². The van der Waals surface area contributed by atoms with E-state index in [1.165, 1.54) is 16.5 Å². The molecular weight excluding hydrogens is 246 g/mol. The SMILES string of the molecule is CNC(c1cc(C)ccn1)c1cccc2cnccc12. The molecule has 1 aromatic carbocycles. The third kappa shape index (κ3) is 2.28. The average Bonchev–Trinajstić information content (AvgIpc) is 2.48. The maximum Gasteiger partial charge on any atom is 0.0755 e. The summed E-state index contributed by atoms with van der Waals surface area (Å²) in [6.45, 7) is 2.09. The Morgan fingerprint density at radius 3 is 2.80 bits per heavy atom. The van der Waals surface area contributed by atoms with E-state index in [2.05, 4.69) is 52.5 Å².